The highest BCUT2D eigenvalue weighted by Crippen LogP contribution is 2.19. The summed E-state index contributed by atoms with van der Waals surface area (Å²) in [6, 6.07) is -0.936. The van der Waals surface area contributed by atoms with Crippen LogP contribution in [0.2, 0.25) is 0 Å². The lowest BCUT2D eigenvalue weighted by molar-refractivity contribution is -0.144. The molecule has 1 amide bonds. The normalized spacial score (nSPS) is 27.6. The first-order chi connectivity index (χ1) is 7.89. The van der Waals surface area contributed by atoms with Crippen LogP contribution in [0.1, 0.15) is 19.8 Å². The number of carbonyl (C=O) groups excluding carboxylic acids is 1. The van der Waals surface area contributed by atoms with Gasteiger partial charge >= 0.3 is 5.97 Å². The van der Waals surface area contributed by atoms with Gasteiger partial charge in [-0.2, -0.15) is 0 Å². The van der Waals surface area contributed by atoms with Crippen LogP contribution in [-0.4, -0.2) is 52.9 Å². The number of hydrogen-bond donors (Lipinski definition) is 5. The number of carboxylic acid groups (broad SMARTS) is 1. The lowest BCUT2D eigenvalue weighted by Gasteiger charge is -2.28. The average Bonchev–Trinajstić information content (AvgIpc) is 2.66. The van der Waals surface area contributed by atoms with E-state index in [1.54, 1.807) is 0 Å². The van der Waals surface area contributed by atoms with Gasteiger partial charge < -0.3 is 26.6 Å². The highest BCUT2D eigenvalue weighted by molar-refractivity contribution is 5.81. The molecule has 1 aliphatic rings. The lowest BCUT2D eigenvalue weighted by atomic mass is 9.97. The van der Waals surface area contributed by atoms with E-state index >= 15 is 0 Å². The number of primary amides is 1. The van der Waals surface area contributed by atoms with Gasteiger partial charge in [0.2, 0.25) is 5.91 Å². The summed E-state index contributed by atoms with van der Waals surface area (Å²) in [6.07, 6.45) is 0.296. The predicted octanol–water partition coefficient (Wildman–Crippen LogP) is -1.98. The van der Waals surface area contributed by atoms with Gasteiger partial charge in [0.25, 0.3) is 0 Å². The quantitative estimate of drug-likeness (QED) is 0.369. The molecule has 6 N–H and O–H groups in total. The van der Waals surface area contributed by atoms with Crippen LogP contribution in [0, 0.1) is 0 Å². The first-order valence-corrected chi connectivity index (χ1v) is 5.58. The van der Waals surface area contributed by atoms with Crippen LogP contribution < -0.4 is 16.4 Å². The molecule has 0 bridgehead atoms. The first-order valence-electron chi connectivity index (χ1n) is 5.58. The van der Waals surface area contributed by atoms with Crippen molar-refractivity contribution < 1.29 is 19.8 Å². The monoisotopic (exact) mass is 245 g/mol. The number of rotatable bonds is 6. The fourth-order valence-electron chi connectivity index (χ4n) is 2.01. The Bertz CT molecular complexity index is 300. The van der Waals surface area contributed by atoms with Crippen molar-refractivity contribution in [2.24, 2.45) is 5.73 Å². The molecule has 1 heterocycles. The maximum atomic E-state index is 11.2. The largest absolute Gasteiger partial charge is 0.480 e. The second kappa shape index (κ2) is 5.44. The summed E-state index contributed by atoms with van der Waals surface area (Å²) >= 11 is 0. The molecule has 98 valence electrons. The van der Waals surface area contributed by atoms with Crippen molar-refractivity contribution in [1.29, 1.82) is 0 Å². The minimum absolute atomic E-state index is 0.0564. The third-order valence-corrected chi connectivity index (χ3v) is 3.07. The van der Waals surface area contributed by atoms with Gasteiger partial charge in [0, 0.05) is 6.54 Å². The molecule has 7 heteroatoms. The highest BCUT2D eigenvalue weighted by atomic mass is 16.4. The zero-order chi connectivity index (χ0) is 13.1. The Balaban J connectivity index is 2.63. The number of aliphatic hydroxyl groups excluding tert-OH is 1. The van der Waals surface area contributed by atoms with Crippen molar-refractivity contribution in [2.75, 3.05) is 13.1 Å². The summed E-state index contributed by atoms with van der Waals surface area (Å²) in [6.45, 7) is 2.11. The molecule has 0 aliphatic carbocycles. The van der Waals surface area contributed by atoms with Gasteiger partial charge in [0.1, 0.15) is 11.6 Å². The Morgan fingerprint density at radius 1 is 1.59 bits per heavy atom. The Labute approximate surface area is 99.4 Å². The van der Waals surface area contributed by atoms with E-state index in [0.29, 0.717) is 13.0 Å². The number of carboxylic acids is 1. The maximum absolute atomic E-state index is 11.2. The maximum Gasteiger partial charge on any atom is 0.325 e. The summed E-state index contributed by atoms with van der Waals surface area (Å²) in [4.78, 5) is 22.2. The molecule has 0 aromatic rings. The first kappa shape index (κ1) is 13.9. The van der Waals surface area contributed by atoms with E-state index in [1.165, 1.54) is 6.92 Å². The molecular formula is C10H19N3O4. The van der Waals surface area contributed by atoms with Crippen LogP contribution in [0.5, 0.6) is 0 Å². The molecule has 1 rings (SSSR count). The molecule has 0 radical (unpaired) electrons. The summed E-state index contributed by atoms with van der Waals surface area (Å²) < 4.78 is 0. The number of hydrogen-bond acceptors (Lipinski definition) is 5. The molecule has 1 saturated heterocycles. The van der Waals surface area contributed by atoms with E-state index in [1.807, 2.05) is 0 Å². The van der Waals surface area contributed by atoms with Gasteiger partial charge in [-0.3, -0.25) is 9.59 Å². The zero-order valence-electron chi connectivity index (χ0n) is 9.77. The van der Waals surface area contributed by atoms with Crippen molar-refractivity contribution >= 4 is 11.9 Å². The Kier molecular flexibility index (Phi) is 4.44. The highest BCUT2D eigenvalue weighted by Gasteiger charge is 2.41. The third-order valence-electron chi connectivity index (χ3n) is 3.07. The number of nitrogens with one attached hydrogen (secondary N) is 2. The number of carbonyl (C=O) groups is 2. The summed E-state index contributed by atoms with van der Waals surface area (Å²) in [7, 11) is 0. The van der Waals surface area contributed by atoms with Crippen molar-refractivity contribution in [3.63, 3.8) is 0 Å². The van der Waals surface area contributed by atoms with Gasteiger partial charge in [0.15, 0.2) is 0 Å². The van der Waals surface area contributed by atoms with E-state index < -0.39 is 29.6 Å². The van der Waals surface area contributed by atoms with Gasteiger partial charge in [-0.1, -0.05) is 0 Å². The van der Waals surface area contributed by atoms with Crippen molar-refractivity contribution in [3.05, 3.63) is 0 Å². The third kappa shape index (κ3) is 3.15. The van der Waals surface area contributed by atoms with E-state index in [0.717, 1.165) is 6.42 Å². The van der Waals surface area contributed by atoms with E-state index in [9.17, 15) is 19.8 Å². The SMILES string of the molecule is C[C@@H](O)[C@H](NC[C@]1(C(=O)O)CCCN1)C(N)=O. The van der Waals surface area contributed by atoms with Gasteiger partial charge in [-0.05, 0) is 26.3 Å². The number of nitrogens with two attached hydrogens (primary N) is 1. The summed E-state index contributed by atoms with van der Waals surface area (Å²) in [5.41, 5.74) is 4.05. The zero-order valence-corrected chi connectivity index (χ0v) is 9.77. The molecule has 1 aliphatic heterocycles. The number of aliphatic hydroxyl groups is 1. The minimum atomic E-state index is -1.07. The second-order valence-electron chi connectivity index (χ2n) is 4.42. The van der Waals surface area contributed by atoms with Crippen molar-refractivity contribution in [2.45, 2.75) is 37.5 Å². The molecule has 1 fully saturated rings. The van der Waals surface area contributed by atoms with Crippen LogP contribution in [0.15, 0.2) is 0 Å². The van der Waals surface area contributed by atoms with E-state index in [2.05, 4.69) is 10.6 Å². The van der Waals surface area contributed by atoms with Crippen molar-refractivity contribution in [1.82, 2.24) is 10.6 Å². The van der Waals surface area contributed by atoms with Gasteiger partial charge in [-0.15, -0.1) is 0 Å². The second-order valence-corrected chi connectivity index (χ2v) is 4.42. The van der Waals surface area contributed by atoms with Gasteiger partial charge in [0.05, 0.1) is 6.10 Å². The standard InChI is InChI=1S/C10H19N3O4/c1-6(14)7(8(11)15)12-5-10(9(16)17)3-2-4-13-10/h6-7,12-14H,2-5H2,1H3,(H2,11,15)(H,16,17)/t6-,7+,10+/m1/s1. The predicted molar refractivity (Wildman–Crippen MR) is 60.3 cm³/mol. The summed E-state index contributed by atoms with van der Waals surface area (Å²) in [5, 5.41) is 24.1. The Morgan fingerprint density at radius 3 is 2.59 bits per heavy atom. The average molecular weight is 245 g/mol. The topological polar surface area (TPSA) is 125 Å². The summed E-state index contributed by atoms with van der Waals surface area (Å²) in [5.74, 6) is -1.66. The minimum Gasteiger partial charge on any atom is -0.480 e. The molecule has 17 heavy (non-hydrogen) atoms. The molecule has 0 saturated carbocycles. The number of aliphatic carboxylic acids is 1. The Morgan fingerprint density at radius 2 is 2.24 bits per heavy atom. The van der Waals surface area contributed by atoms with Crippen LogP contribution in [0.25, 0.3) is 0 Å². The van der Waals surface area contributed by atoms with Crippen LogP contribution in [0.4, 0.5) is 0 Å². The molecule has 0 aromatic carbocycles. The fourth-order valence-corrected chi connectivity index (χ4v) is 2.01. The van der Waals surface area contributed by atoms with Crippen molar-refractivity contribution in [3.8, 4) is 0 Å². The van der Waals surface area contributed by atoms with E-state index in [4.69, 9.17) is 5.73 Å². The molecule has 0 spiro atoms. The fraction of sp³-hybridized carbons (Fsp3) is 0.800. The van der Waals surface area contributed by atoms with Crippen LogP contribution in [-0.2, 0) is 9.59 Å². The molecule has 0 aromatic heterocycles. The van der Waals surface area contributed by atoms with Gasteiger partial charge in [-0.25, -0.2) is 0 Å². The molecular weight excluding hydrogens is 226 g/mol. The lowest BCUT2D eigenvalue weighted by Crippen LogP contribution is -2.59. The molecule has 0 unspecified atom stereocenters. The number of amides is 1. The smallest absolute Gasteiger partial charge is 0.325 e. The van der Waals surface area contributed by atoms with Crippen LogP contribution in [0.3, 0.4) is 0 Å². The van der Waals surface area contributed by atoms with E-state index in [-0.39, 0.29) is 6.54 Å². The van der Waals surface area contributed by atoms with Crippen LogP contribution >= 0.6 is 0 Å². The Hall–Kier alpha value is -1.18. The molecule has 3 atom stereocenters. The molecule has 7 nitrogen and oxygen atoms in total.